The van der Waals surface area contributed by atoms with Gasteiger partial charge in [0.15, 0.2) is 5.78 Å². The molecular formula is C21H17FN4O3. The Morgan fingerprint density at radius 2 is 2.07 bits per heavy atom. The molecule has 29 heavy (non-hydrogen) atoms. The van der Waals surface area contributed by atoms with Gasteiger partial charge < -0.3 is 10.1 Å². The number of nitrogens with zero attached hydrogens (tertiary/aromatic N) is 2. The fraction of sp³-hybridized carbons (Fsp3) is 0.143. The molecule has 0 aliphatic carbocycles. The summed E-state index contributed by atoms with van der Waals surface area (Å²) in [4.78, 5) is 23.8. The van der Waals surface area contributed by atoms with Crippen molar-refractivity contribution in [1.82, 2.24) is 15.5 Å². The van der Waals surface area contributed by atoms with E-state index in [4.69, 9.17) is 10.00 Å². The standard InChI is InChI=1S/C21H17FN4O3/c1-12(27)15-11-13(3-6-16(15)22)4-7-17-19-18(26-25-17)8-5-14(20(19)29-2)21(28)24-10-9-23/h3-8,11H,10H2,1-2H3,(H,24,28)(H,25,26). The zero-order valence-electron chi connectivity index (χ0n) is 15.7. The molecule has 0 radical (unpaired) electrons. The monoisotopic (exact) mass is 392 g/mol. The highest BCUT2D eigenvalue weighted by molar-refractivity contribution is 6.05. The van der Waals surface area contributed by atoms with Crippen molar-refractivity contribution in [3.05, 3.63) is 58.5 Å². The van der Waals surface area contributed by atoms with Gasteiger partial charge in [0.1, 0.15) is 18.1 Å². The first-order valence-electron chi connectivity index (χ1n) is 8.65. The molecule has 0 bridgehead atoms. The lowest BCUT2D eigenvalue weighted by Crippen LogP contribution is -2.24. The number of Topliss-reactive ketones (excluding diaryl/α,β-unsaturated/α-hetero) is 1. The van der Waals surface area contributed by atoms with Gasteiger partial charge in [0.05, 0.1) is 40.9 Å². The highest BCUT2D eigenvalue weighted by atomic mass is 19.1. The average Bonchev–Trinajstić information content (AvgIpc) is 3.13. The van der Waals surface area contributed by atoms with Gasteiger partial charge in [-0.25, -0.2) is 4.39 Å². The number of rotatable bonds is 6. The molecule has 0 aliphatic rings. The Hall–Kier alpha value is -3.99. The Labute approximate surface area is 165 Å². The van der Waals surface area contributed by atoms with Crippen LogP contribution in [-0.4, -0.2) is 35.5 Å². The van der Waals surface area contributed by atoms with E-state index in [1.54, 1.807) is 30.4 Å². The van der Waals surface area contributed by atoms with Crippen LogP contribution >= 0.6 is 0 Å². The molecule has 2 aromatic carbocycles. The minimum Gasteiger partial charge on any atom is -0.495 e. The van der Waals surface area contributed by atoms with Crippen LogP contribution in [-0.2, 0) is 0 Å². The molecule has 0 aliphatic heterocycles. The molecule has 0 spiro atoms. The van der Waals surface area contributed by atoms with E-state index in [9.17, 15) is 14.0 Å². The molecule has 0 atom stereocenters. The lowest BCUT2D eigenvalue weighted by atomic mass is 10.0. The van der Waals surface area contributed by atoms with Gasteiger partial charge in [-0.15, -0.1) is 0 Å². The Morgan fingerprint density at radius 3 is 2.76 bits per heavy atom. The van der Waals surface area contributed by atoms with Gasteiger partial charge >= 0.3 is 0 Å². The summed E-state index contributed by atoms with van der Waals surface area (Å²) in [6, 6.07) is 9.36. The van der Waals surface area contributed by atoms with Crippen molar-refractivity contribution in [2.45, 2.75) is 6.92 Å². The van der Waals surface area contributed by atoms with Gasteiger partial charge in [-0.1, -0.05) is 12.1 Å². The van der Waals surface area contributed by atoms with Gasteiger partial charge in [-0.3, -0.25) is 14.7 Å². The second-order valence-electron chi connectivity index (χ2n) is 6.15. The summed E-state index contributed by atoms with van der Waals surface area (Å²) in [7, 11) is 1.44. The number of methoxy groups -OCH3 is 1. The van der Waals surface area contributed by atoms with Crippen LogP contribution in [0.2, 0.25) is 0 Å². The molecule has 1 heterocycles. The first-order valence-corrected chi connectivity index (χ1v) is 8.65. The minimum absolute atomic E-state index is 0.00747. The second-order valence-corrected chi connectivity index (χ2v) is 6.15. The van der Waals surface area contributed by atoms with Gasteiger partial charge in [-0.2, -0.15) is 10.4 Å². The molecule has 1 amide bonds. The molecule has 7 nitrogen and oxygen atoms in total. The Kier molecular flexibility index (Phi) is 5.69. The summed E-state index contributed by atoms with van der Waals surface area (Å²) in [6.45, 7) is 1.18. The van der Waals surface area contributed by atoms with Crippen LogP contribution in [0.25, 0.3) is 23.1 Å². The summed E-state index contributed by atoms with van der Waals surface area (Å²) >= 11 is 0. The number of carbonyl (C=O) groups excluding carboxylic acids is 2. The number of nitriles is 1. The summed E-state index contributed by atoms with van der Waals surface area (Å²) in [5.41, 5.74) is 2.05. The molecule has 146 valence electrons. The summed E-state index contributed by atoms with van der Waals surface area (Å²) in [6.07, 6.45) is 3.36. The van der Waals surface area contributed by atoms with Crippen LogP contribution < -0.4 is 10.1 Å². The van der Waals surface area contributed by atoms with Gasteiger partial charge in [0, 0.05) is 0 Å². The van der Waals surface area contributed by atoms with E-state index in [1.807, 2.05) is 6.07 Å². The topological polar surface area (TPSA) is 108 Å². The maximum atomic E-state index is 13.7. The van der Waals surface area contributed by atoms with Crippen molar-refractivity contribution in [3.63, 3.8) is 0 Å². The van der Waals surface area contributed by atoms with E-state index in [2.05, 4.69) is 15.5 Å². The number of H-pyrrole nitrogens is 1. The first-order chi connectivity index (χ1) is 14.0. The number of hydrogen-bond acceptors (Lipinski definition) is 5. The summed E-state index contributed by atoms with van der Waals surface area (Å²) < 4.78 is 19.2. The maximum absolute atomic E-state index is 13.7. The number of amides is 1. The average molecular weight is 392 g/mol. The number of nitrogens with one attached hydrogen (secondary N) is 2. The predicted octanol–water partition coefficient (Wildman–Crippen LogP) is 3.34. The van der Waals surface area contributed by atoms with E-state index in [1.165, 1.54) is 26.2 Å². The highest BCUT2D eigenvalue weighted by Crippen LogP contribution is 2.32. The van der Waals surface area contributed by atoms with Crippen LogP contribution in [0, 0.1) is 17.1 Å². The zero-order valence-corrected chi connectivity index (χ0v) is 15.7. The third-order valence-corrected chi connectivity index (χ3v) is 4.29. The summed E-state index contributed by atoms with van der Waals surface area (Å²) in [5.74, 6) is -1.06. The number of aromatic amines is 1. The molecule has 0 saturated carbocycles. The first kappa shape index (κ1) is 19.8. The molecule has 3 aromatic rings. The number of hydrogen-bond donors (Lipinski definition) is 2. The van der Waals surface area contributed by atoms with Crippen molar-refractivity contribution in [2.75, 3.05) is 13.7 Å². The molecule has 0 saturated heterocycles. The van der Waals surface area contributed by atoms with E-state index in [0.717, 1.165) is 0 Å². The number of carbonyl (C=O) groups is 2. The number of ketones is 1. The third kappa shape index (κ3) is 3.99. The molecule has 8 heteroatoms. The van der Waals surface area contributed by atoms with Crippen molar-refractivity contribution in [2.24, 2.45) is 0 Å². The van der Waals surface area contributed by atoms with E-state index in [0.29, 0.717) is 27.9 Å². The van der Waals surface area contributed by atoms with Crippen molar-refractivity contribution < 1.29 is 18.7 Å². The third-order valence-electron chi connectivity index (χ3n) is 4.29. The van der Waals surface area contributed by atoms with E-state index >= 15 is 0 Å². The molecule has 2 N–H and O–H groups in total. The van der Waals surface area contributed by atoms with Crippen molar-refractivity contribution in [1.29, 1.82) is 5.26 Å². The lowest BCUT2D eigenvalue weighted by molar-refractivity contribution is 0.0954. The molecule has 3 rings (SSSR count). The SMILES string of the molecule is COc1c(C(=O)NCC#N)ccc2[nH]nc(C=Cc3ccc(F)c(C(C)=O)c3)c12. The van der Waals surface area contributed by atoms with E-state index in [-0.39, 0.29) is 23.5 Å². The second kappa shape index (κ2) is 8.35. The Bertz CT molecular complexity index is 1170. The number of benzene rings is 2. The lowest BCUT2D eigenvalue weighted by Gasteiger charge is -2.09. The number of ether oxygens (including phenoxy) is 1. The van der Waals surface area contributed by atoms with Crippen LogP contribution in [0.1, 0.15) is 38.9 Å². The predicted molar refractivity (Wildman–Crippen MR) is 106 cm³/mol. The van der Waals surface area contributed by atoms with Crippen molar-refractivity contribution in [3.8, 4) is 11.8 Å². The molecular weight excluding hydrogens is 375 g/mol. The number of fused-ring (bicyclic) bond motifs is 1. The highest BCUT2D eigenvalue weighted by Gasteiger charge is 2.18. The number of aromatic nitrogens is 2. The Balaban J connectivity index is 2.03. The van der Waals surface area contributed by atoms with Crippen LogP contribution in [0.4, 0.5) is 4.39 Å². The van der Waals surface area contributed by atoms with Gasteiger partial charge in [-0.05, 0) is 42.8 Å². The van der Waals surface area contributed by atoms with Gasteiger partial charge in [0.2, 0.25) is 0 Å². The van der Waals surface area contributed by atoms with Crippen LogP contribution in [0.15, 0.2) is 30.3 Å². The van der Waals surface area contributed by atoms with E-state index < -0.39 is 11.7 Å². The fourth-order valence-electron chi connectivity index (χ4n) is 2.92. The van der Waals surface area contributed by atoms with Crippen LogP contribution in [0.3, 0.4) is 0 Å². The Morgan fingerprint density at radius 1 is 1.28 bits per heavy atom. The van der Waals surface area contributed by atoms with Gasteiger partial charge in [0.25, 0.3) is 5.91 Å². The fourth-order valence-corrected chi connectivity index (χ4v) is 2.92. The van der Waals surface area contributed by atoms with Crippen LogP contribution in [0.5, 0.6) is 5.75 Å². The summed E-state index contributed by atoms with van der Waals surface area (Å²) in [5, 5.41) is 18.8. The normalized spacial score (nSPS) is 10.8. The van der Waals surface area contributed by atoms with Crippen molar-refractivity contribution >= 4 is 34.7 Å². The smallest absolute Gasteiger partial charge is 0.255 e. The minimum atomic E-state index is -0.574. The number of halogens is 1. The molecule has 0 unspecified atom stereocenters. The maximum Gasteiger partial charge on any atom is 0.255 e. The molecule has 1 aromatic heterocycles. The zero-order chi connectivity index (χ0) is 21.0. The molecule has 0 fully saturated rings. The largest absolute Gasteiger partial charge is 0.495 e. The quantitative estimate of drug-likeness (QED) is 0.494.